The summed E-state index contributed by atoms with van der Waals surface area (Å²) in [6.07, 6.45) is 0.756. The van der Waals surface area contributed by atoms with Gasteiger partial charge < -0.3 is 19.9 Å². The zero-order valence-corrected chi connectivity index (χ0v) is 10.2. The van der Waals surface area contributed by atoms with Gasteiger partial charge >= 0.3 is 0 Å². The Morgan fingerprint density at radius 1 is 1.31 bits per heavy atom. The summed E-state index contributed by atoms with van der Waals surface area (Å²) in [6.45, 7) is 6.39. The minimum absolute atomic E-state index is 0.394. The van der Waals surface area contributed by atoms with Gasteiger partial charge in [0.05, 0.1) is 25.9 Å². The van der Waals surface area contributed by atoms with E-state index in [1.165, 1.54) is 0 Å². The summed E-state index contributed by atoms with van der Waals surface area (Å²) in [5.74, 6) is 0. The predicted molar refractivity (Wildman–Crippen MR) is 62.6 cm³/mol. The Kier molecular flexibility index (Phi) is 7.71. The summed E-state index contributed by atoms with van der Waals surface area (Å²) in [4.78, 5) is 2.28. The van der Waals surface area contributed by atoms with Gasteiger partial charge in [0.15, 0.2) is 0 Å². The molecular weight excluding hydrogens is 208 g/mol. The molecule has 1 aliphatic heterocycles. The number of nitrogens with one attached hydrogen (secondary N) is 1. The number of β-amino-alcohol motifs (C(OH)–C–C–N with tert-alkyl or cyclic N) is 1. The van der Waals surface area contributed by atoms with Gasteiger partial charge in [-0.2, -0.15) is 0 Å². The molecule has 1 unspecified atom stereocenters. The molecule has 0 aliphatic carbocycles. The zero-order chi connectivity index (χ0) is 11.6. The molecule has 0 bridgehead atoms. The maximum Gasteiger partial charge on any atom is 0.0900 e. The van der Waals surface area contributed by atoms with E-state index in [2.05, 4.69) is 10.2 Å². The van der Waals surface area contributed by atoms with Crippen LogP contribution in [-0.2, 0) is 9.47 Å². The molecule has 0 spiro atoms. The van der Waals surface area contributed by atoms with E-state index < -0.39 is 6.10 Å². The Labute approximate surface area is 97.7 Å². The Bertz CT molecular complexity index is 161. The van der Waals surface area contributed by atoms with Crippen LogP contribution in [0.2, 0.25) is 0 Å². The van der Waals surface area contributed by atoms with Crippen LogP contribution in [0.1, 0.15) is 6.42 Å². The van der Waals surface area contributed by atoms with Crippen LogP contribution in [0.5, 0.6) is 0 Å². The molecule has 5 heteroatoms. The van der Waals surface area contributed by atoms with Crippen molar-refractivity contribution in [2.75, 3.05) is 59.7 Å². The van der Waals surface area contributed by atoms with Crippen molar-refractivity contribution in [3.05, 3.63) is 0 Å². The number of rotatable bonds is 7. The Balaban J connectivity index is 2.04. The normalized spacial score (nSPS) is 20.6. The first kappa shape index (κ1) is 13.9. The molecule has 1 heterocycles. The fraction of sp³-hybridized carbons (Fsp3) is 1.00. The van der Waals surface area contributed by atoms with Crippen molar-refractivity contribution in [1.29, 1.82) is 0 Å². The van der Waals surface area contributed by atoms with Crippen molar-refractivity contribution in [1.82, 2.24) is 10.2 Å². The lowest BCUT2D eigenvalue weighted by Gasteiger charge is -2.22. The maximum absolute atomic E-state index is 9.76. The molecule has 1 rings (SSSR count). The summed E-state index contributed by atoms with van der Waals surface area (Å²) in [5, 5.41) is 13.1. The van der Waals surface area contributed by atoms with E-state index in [1.54, 1.807) is 7.11 Å². The largest absolute Gasteiger partial charge is 0.389 e. The van der Waals surface area contributed by atoms with E-state index in [1.807, 2.05) is 0 Å². The highest BCUT2D eigenvalue weighted by molar-refractivity contribution is 4.69. The third-order valence-corrected chi connectivity index (χ3v) is 2.64. The predicted octanol–water partition coefficient (Wildman–Crippen LogP) is -0.694. The van der Waals surface area contributed by atoms with Gasteiger partial charge in [0.25, 0.3) is 0 Å². The molecule has 5 nitrogen and oxygen atoms in total. The van der Waals surface area contributed by atoms with Crippen molar-refractivity contribution in [3.63, 3.8) is 0 Å². The highest BCUT2D eigenvalue weighted by Crippen LogP contribution is 1.98. The number of methoxy groups -OCH3 is 1. The quantitative estimate of drug-likeness (QED) is 0.569. The first-order valence-electron chi connectivity index (χ1n) is 6.00. The molecule has 0 saturated carbocycles. The highest BCUT2D eigenvalue weighted by Gasteiger charge is 2.13. The molecule has 0 aromatic carbocycles. The fourth-order valence-electron chi connectivity index (χ4n) is 1.80. The van der Waals surface area contributed by atoms with Crippen LogP contribution >= 0.6 is 0 Å². The van der Waals surface area contributed by atoms with Crippen molar-refractivity contribution >= 4 is 0 Å². The standard InChI is InChI=1S/C11H24N2O3/c1-15-7-8-16-10-11(14)9-13-5-2-3-12-4-6-13/h11-12,14H,2-10H2,1H3. The lowest BCUT2D eigenvalue weighted by atomic mass is 10.3. The van der Waals surface area contributed by atoms with Crippen LogP contribution in [0, 0.1) is 0 Å². The van der Waals surface area contributed by atoms with Crippen LogP contribution in [-0.4, -0.2) is 75.8 Å². The number of hydrogen-bond donors (Lipinski definition) is 2. The molecular formula is C11H24N2O3. The van der Waals surface area contributed by atoms with Gasteiger partial charge in [-0.1, -0.05) is 0 Å². The van der Waals surface area contributed by atoms with Crippen LogP contribution < -0.4 is 5.32 Å². The topological polar surface area (TPSA) is 54.0 Å². The number of hydrogen-bond acceptors (Lipinski definition) is 5. The van der Waals surface area contributed by atoms with Gasteiger partial charge in [0.1, 0.15) is 0 Å². The fourth-order valence-corrected chi connectivity index (χ4v) is 1.80. The van der Waals surface area contributed by atoms with Crippen LogP contribution in [0.4, 0.5) is 0 Å². The second-order valence-corrected chi connectivity index (χ2v) is 4.13. The average molecular weight is 232 g/mol. The molecule has 1 aliphatic rings. The van der Waals surface area contributed by atoms with Crippen LogP contribution in [0.25, 0.3) is 0 Å². The summed E-state index contributed by atoms with van der Waals surface area (Å²) in [6, 6.07) is 0. The molecule has 1 saturated heterocycles. The van der Waals surface area contributed by atoms with Crippen molar-refractivity contribution in [2.45, 2.75) is 12.5 Å². The number of nitrogens with zero attached hydrogens (tertiary/aromatic N) is 1. The van der Waals surface area contributed by atoms with Crippen LogP contribution in [0.3, 0.4) is 0 Å². The molecule has 0 aromatic rings. The third kappa shape index (κ3) is 6.40. The van der Waals surface area contributed by atoms with E-state index in [-0.39, 0.29) is 0 Å². The average Bonchev–Trinajstić information content (AvgIpc) is 2.53. The summed E-state index contributed by atoms with van der Waals surface area (Å²) in [7, 11) is 1.64. The minimum atomic E-state index is -0.394. The smallest absolute Gasteiger partial charge is 0.0900 e. The lowest BCUT2D eigenvalue weighted by molar-refractivity contribution is 0.000228. The zero-order valence-electron chi connectivity index (χ0n) is 10.2. The number of aliphatic hydroxyl groups excluding tert-OH is 1. The second kappa shape index (κ2) is 8.90. The van der Waals surface area contributed by atoms with Gasteiger partial charge in [-0.15, -0.1) is 0 Å². The molecule has 1 atom stereocenters. The molecule has 16 heavy (non-hydrogen) atoms. The van der Waals surface area contributed by atoms with Gasteiger partial charge in [-0.3, -0.25) is 4.90 Å². The Hall–Kier alpha value is -0.200. The second-order valence-electron chi connectivity index (χ2n) is 4.13. The minimum Gasteiger partial charge on any atom is -0.389 e. The van der Waals surface area contributed by atoms with Crippen LogP contribution in [0.15, 0.2) is 0 Å². The summed E-state index contributed by atoms with van der Waals surface area (Å²) in [5.41, 5.74) is 0. The van der Waals surface area contributed by atoms with E-state index >= 15 is 0 Å². The Morgan fingerprint density at radius 3 is 3.00 bits per heavy atom. The van der Waals surface area contributed by atoms with Gasteiger partial charge in [-0.25, -0.2) is 0 Å². The lowest BCUT2D eigenvalue weighted by Crippen LogP contribution is -2.37. The van der Waals surface area contributed by atoms with Crippen molar-refractivity contribution in [3.8, 4) is 0 Å². The number of aliphatic hydroxyl groups is 1. The van der Waals surface area contributed by atoms with E-state index in [0.29, 0.717) is 26.4 Å². The molecule has 2 N–H and O–H groups in total. The Morgan fingerprint density at radius 2 is 2.19 bits per heavy atom. The first-order valence-corrected chi connectivity index (χ1v) is 6.00. The van der Waals surface area contributed by atoms with E-state index in [9.17, 15) is 5.11 Å². The molecule has 1 fully saturated rings. The molecule has 0 radical (unpaired) electrons. The molecule has 0 aromatic heterocycles. The van der Waals surface area contributed by atoms with E-state index in [0.717, 1.165) is 32.6 Å². The van der Waals surface area contributed by atoms with Gasteiger partial charge in [0, 0.05) is 26.7 Å². The number of ether oxygens (including phenoxy) is 2. The molecule has 96 valence electrons. The van der Waals surface area contributed by atoms with E-state index in [4.69, 9.17) is 9.47 Å². The SMILES string of the molecule is COCCOCC(O)CN1CCCNCC1. The van der Waals surface area contributed by atoms with Gasteiger partial charge in [-0.05, 0) is 19.5 Å². The summed E-state index contributed by atoms with van der Waals surface area (Å²) >= 11 is 0. The van der Waals surface area contributed by atoms with Crippen molar-refractivity contribution < 1.29 is 14.6 Å². The maximum atomic E-state index is 9.76. The van der Waals surface area contributed by atoms with Crippen molar-refractivity contribution in [2.24, 2.45) is 0 Å². The monoisotopic (exact) mass is 232 g/mol. The first-order chi connectivity index (χ1) is 7.83. The van der Waals surface area contributed by atoms with Gasteiger partial charge in [0.2, 0.25) is 0 Å². The third-order valence-electron chi connectivity index (χ3n) is 2.64. The molecule has 0 amide bonds. The highest BCUT2D eigenvalue weighted by atomic mass is 16.5. The summed E-state index contributed by atoms with van der Waals surface area (Å²) < 4.78 is 10.2.